The van der Waals surface area contributed by atoms with Crippen molar-refractivity contribution >= 4 is 0 Å². The predicted octanol–water partition coefficient (Wildman–Crippen LogP) is 3.45. The number of ether oxygens (including phenoxy) is 2. The molecule has 0 unspecified atom stereocenters. The summed E-state index contributed by atoms with van der Waals surface area (Å²) in [6.45, 7) is 2.51. The first kappa shape index (κ1) is 13.9. The second-order valence-electron chi connectivity index (χ2n) is 3.98. The monoisotopic (exact) mass is 268 g/mol. The van der Waals surface area contributed by atoms with E-state index in [1.165, 1.54) is 0 Å². The third-order valence-electron chi connectivity index (χ3n) is 2.47. The number of unbranched alkanes of at least 4 members (excludes halogenated alkanes) is 1. The maximum absolute atomic E-state index is 5.60. The first-order valence-electron chi connectivity index (χ1n) is 6.46. The minimum atomic E-state index is 0.333. The van der Waals surface area contributed by atoms with Crippen molar-refractivity contribution < 1.29 is 9.47 Å². The number of rotatable bonds is 6. The largest absolute Gasteiger partial charge is 0.494 e. The lowest BCUT2D eigenvalue weighted by molar-refractivity contribution is 0.312. The smallest absolute Gasteiger partial charge is 0.321 e. The molecule has 1 aromatic carbocycles. The van der Waals surface area contributed by atoms with E-state index in [9.17, 15) is 0 Å². The van der Waals surface area contributed by atoms with Crippen LogP contribution in [0.25, 0.3) is 0 Å². The fourth-order valence-corrected chi connectivity index (χ4v) is 1.52. The van der Waals surface area contributed by atoms with Gasteiger partial charge in [-0.15, -0.1) is 11.8 Å². The van der Waals surface area contributed by atoms with E-state index in [0.29, 0.717) is 18.4 Å². The Balaban J connectivity index is 1.81. The Labute approximate surface area is 118 Å². The highest BCUT2D eigenvalue weighted by atomic mass is 16.5. The van der Waals surface area contributed by atoms with Gasteiger partial charge in [-0.3, -0.25) is 0 Å². The second kappa shape index (κ2) is 7.80. The molecule has 0 bridgehead atoms. The van der Waals surface area contributed by atoms with Gasteiger partial charge < -0.3 is 9.47 Å². The third kappa shape index (κ3) is 4.62. The van der Waals surface area contributed by atoms with E-state index in [1.54, 1.807) is 18.5 Å². The summed E-state index contributed by atoms with van der Waals surface area (Å²) in [5.41, 5.74) is 0. The number of hydrogen-bond acceptors (Lipinski definition) is 4. The third-order valence-corrected chi connectivity index (χ3v) is 2.47. The molecule has 0 aliphatic rings. The lowest BCUT2D eigenvalue weighted by Crippen LogP contribution is -1.96. The van der Waals surface area contributed by atoms with Crippen LogP contribution in [0.1, 0.15) is 19.8 Å². The van der Waals surface area contributed by atoms with Gasteiger partial charge in [0.05, 0.1) is 6.61 Å². The highest BCUT2D eigenvalue weighted by molar-refractivity contribution is 5.32. The average molecular weight is 268 g/mol. The van der Waals surface area contributed by atoms with Crippen LogP contribution < -0.4 is 9.47 Å². The highest BCUT2D eigenvalue weighted by Gasteiger charge is 1.99. The van der Waals surface area contributed by atoms with Crippen LogP contribution in [-0.4, -0.2) is 16.6 Å². The molecule has 4 nitrogen and oxygen atoms in total. The maximum Gasteiger partial charge on any atom is 0.321 e. The average Bonchev–Trinajstić information content (AvgIpc) is 2.50. The molecule has 1 heterocycles. The lowest BCUT2D eigenvalue weighted by Gasteiger charge is -2.06. The summed E-state index contributed by atoms with van der Waals surface area (Å²) in [7, 11) is 0. The summed E-state index contributed by atoms with van der Waals surface area (Å²) in [6, 6.07) is 9.47. The second-order valence-corrected chi connectivity index (χ2v) is 3.98. The van der Waals surface area contributed by atoms with Gasteiger partial charge in [0.25, 0.3) is 0 Å². The summed E-state index contributed by atoms with van der Waals surface area (Å²) in [5, 5.41) is 0. The molecule has 0 atom stereocenters. The minimum Gasteiger partial charge on any atom is -0.494 e. The van der Waals surface area contributed by atoms with Crippen molar-refractivity contribution in [3.63, 3.8) is 0 Å². The van der Waals surface area contributed by atoms with Crippen LogP contribution in [0.3, 0.4) is 0 Å². The van der Waals surface area contributed by atoms with Crippen LogP contribution in [0.15, 0.2) is 42.7 Å². The van der Waals surface area contributed by atoms with Crippen LogP contribution in [0.5, 0.6) is 17.5 Å². The Hall–Kier alpha value is -2.54. The molecule has 2 aromatic rings. The van der Waals surface area contributed by atoms with Crippen molar-refractivity contribution in [1.82, 2.24) is 9.97 Å². The van der Waals surface area contributed by atoms with Gasteiger partial charge in [0.2, 0.25) is 0 Å². The topological polar surface area (TPSA) is 44.2 Å². The molecule has 2 rings (SSSR count). The van der Waals surface area contributed by atoms with Gasteiger partial charge in [-0.2, -0.15) is 0 Å². The molecule has 0 spiro atoms. The van der Waals surface area contributed by atoms with Gasteiger partial charge >= 0.3 is 6.01 Å². The van der Waals surface area contributed by atoms with Crippen molar-refractivity contribution in [2.75, 3.05) is 6.61 Å². The molecule has 102 valence electrons. The molecule has 0 amide bonds. The summed E-state index contributed by atoms with van der Waals surface area (Å²) in [5.74, 6) is 7.37. The van der Waals surface area contributed by atoms with Gasteiger partial charge in [0.15, 0.2) is 0 Å². The van der Waals surface area contributed by atoms with Gasteiger partial charge in [0.1, 0.15) is 11.5 Å². The zero-order valence-electron chi connectivity index (χ0n) is 11.4. The molecule has 20 heavy (non-hydrogen) atoms. The van der Waals surface area contributed by atoms with Crippen LogP contribution in [0.2, 0.25) is 0 Å². The van der Waals surface area contributed by atoms with Crippen molar-refractivity contribution in [3.8, 4) is 29.4 Å². The summed E-state index contributed by atoms with van der Waals surface area (Å²) >= 11 is 0. The number of nitrogens with zero attached hydrogens (tertiary/aromatic N) is 2. The summed E-state index contributed by atoms with van der Waals surface area (Å²) in [6.07, 6.45) is 5.07. The van der Waals surface area contributed by atoms with Crippen LogP contribution >= 0.6 is 0 Å². The maximum atomic E-state index is 5.60. The minimum absolute atomic E-state index is 0.333. The quantitative estimate of drug-likeness (QED) is 0.594. The van der Waals surface area contributed by atoms with Gasteiger partial charge in [-0.1, -0.05) is 0 Å². The van der Waals surface area contributed by atoms with E-state index in [4.69, 9.17) is 9.47 Å². The Morgan fingerprint density at radius 1 is 1.05 bits per heavy atom. The molecule has 0 fully saturated rings. The zero-order valence-corrected chi connectivity index (χ0v) is 11.4. The van der Waals surface area contributed by atoms with Crippen molar-refractivity contribution in [3.05, 3.63) is 42.7 Å². The molecular weight excluding hydrogens is 252 g/mol. The first-order chi connectivity index (χ1) is 9.88. The Kier molecular flexibility index (Phi) is 5.41. The van der Waals surface area contributed by atoms with Gasteiger partial charge in [0, 0.05) is 18.8 Å². The molecule has 0 radical (unpaired) electrons. The number of hydrogen-bond donors (Lipinski definition) is 0. The lowest BCUT2D eigenvalue weighted by atomic mass is 10.3. The van der Waals surface area contributed by atoms with Gasteiger partial charge in [-0.25, -0.2) is 9.97 Å². The van der Waals surface area contributed by atoms with Crippen LogP contribution in [-0.2, 0) is 0 Å². The number of aromatic nitrogens is 2. The van der Waals surface area contributed by atoms with Crippen molar-refractivity contribution in [2.24, 2.45) is 0 Å². The fourth-order valence-electron chi connectivity index (χ4n) is 1.52. The normalized spacial score (nSPS) is 9.45. The molecule has 1 aromatic heterocycles. The van der Waals surface area contributed by atoms with Crippen molar-refractivity contribution in [1.29, 1.82) is 0 Å². The number of benzene rings is 1. The van der Waals surface area contributed by atoms with Crippen molar-refractivity contribution in [2.45, 2.75) is 19.8 Å². The zero-order chi connectivity index (χ0) is 14.0. The fraction of sp³-hybridized carbons (Fsp3) is 0.250. The standard InChI is InChI=1S/C16H16N2O2/c1-2-3-4-5-13-19-14-7-9-15(10-8-14)20-16-17-11-6-12-18-16/h6-12H,4-5,13H2,1H3. The Bertz CT molecular complexity index is 571. The molecule has 0 N–H and O–H groups in total. The first-order valence-corrected chi connectivity index (χ1v) is 6.46. The molecular formula is C16H16N2O2. The molecule has 0 aliphatic heterocycles. The van der Waals surface area contributed by atoms with Crippen LogP contribution in [0, 0.1) is 11.8 Å². The molecule has 0 aliphatic carbocycles. The highest BCUT2D eigenvalue weighted by Crippen LogP contribution is 2.21. The SMILES string of the molecule is CC#CCCCOc1ccc(Oc2ncccn2)cc1. The van der Waals surface area contributed by atoms with Crippen LogP contribution in [0.4, 0.5) is 0 Å². The van der Waals surface area contributed by atoms with Gasteiger partial charge in [-0.05, 0) is 43.7 Å². The van der Waals surface area contributed by atoms with E-state index in [1.807, 2.05) is 31.2 Å². The van der Waals surface area contributed by atoms with E-state index < -0.39 is 0 Å². The molecule has 0 saturated heterocycles. The Morgan fingerprint density at radius 2 is 1.75 bits per heavy atom. The predicted molar refractivity (Wildman–Crippen MR) is 76.7 cm³/mol. The van der Waals surface area contributed by atoms with E-state index in [2.05, 4.69) is 21.8 Å². The summed E-state index contributed by atoms with van der Waals surface area (Å²) in [4.78, 5) is 7.99. The van der Waals surface area contributed by atoms with E-state index in [0.717, 1.165) is 18.6 Å². The Morgan fingerprint density at radius 3 is 2.45 bits per heavy atom. The van der Waals surface area contributed by atoms with E-state index in [-0.39, 0.29) is 0 Å². The molecule has 4 heteroatoms. The summed E-state index contributed by atoms with van der Waals surface area (Å²) < 4.78 is 11.1. The van der Waals surface area contributed by atoms with E-state index >= 15 is 0 Å². The molecule has 0 saturated carbocycles.